The van der Waals surface area contributed by atoms with E-state index in [1.165, 1.54) is 0 Å². The zero-order valence-electron chi connectivity index (χ0n) is 12.1. The molecule has 0 saturated carbocycles. The normalized spacial score (nSPS) is 9.90. The van der Waals surface area contributed by atoms with Crippen LogP contribution < -0.4 is 9.64 Å². The van der Waals surface area contributed by atoms with Crippen LogP contribution in [0.25, 0.3) is 0 Å². The fourth-order valence-electron chi connectivity index (χ4n) is 2.18. The Morgan fingerprint density at radius 2 is 2.00 bits per heavy atom. The Morgan fingerprint density at radius 3 is 2.70 bits per heavy atom. The predicted molar refractivity (Wildman–Crippen MR) is 81.0 cm³/mol. The van der Waals surface area contributed by atoms with Crippen LogP contribution in [0.4, 0.5) is 5.69 Å². The number of hydrogen-bond donors (Lipinski definition) is 0. The second-order valence-corrected chi connectivity index (χ2v) is 4.84. The molecule has 0 aromatic heterocycles. The van der Waals surface area contributed by atoms with E-state index in [1.807, 2.05) is 50.4 Å². The first-order valence-electron chi connectivity index (χ1n) is 6.49. The first-order valence-corrected chi connectivity index (χ1v) is 6.49. The molecule has 0 aliphatic carbocycles. The van der Waals surface area contributed by atoms with Crippen molar-refractivity contribution in [3.05, 3.63) is 59.2 Å². The van der Waals surface area contributed by atoms with Crippen molar-refractivity contribution >= 4 is 5.69 Å². The number of ether oxygens (including phenoxy) is 1. The lowest BCUT2D eigenvalue weighted by Gasteiger charge is -2.21. The maximum atomic E-state index is 9.21. The molecule has 0 saturated heterocycles. The highest BCUT2D eigenvalue weighted by Crippen LogP contribution is 2.23. The minimum absolute atomic E-state index is 0.695. The molecule has 2 aromatic carbocycles. The van der Waals surface area contributed by atoms with Crippen molar-refractivity contribution in [2.45, 2.75) is 13.5 Å². The predicted octanol–water partition coefficient (Wildman–Crippen LogP) is 3.51. The monoisotopic (exact) mass is 266 g/mol. The molecule has 0 N–H and O–H groups in total. The van der Waals surface area contributed by atoms with E-state index in [-0.39, 0.29) is 0 Å². The van der Waals surface area contributed by atoms with Gasteiger partial charge in [-0.3, -0.25) is 0 Å². The van der Waals surface area contributed by atoms with Gasteiger partial charge in [0.25, 0.3) is 0 Å². The van der Waals surface area contributed by atoms with Gasteiger partial charge in [-0.2, -0.15) is 5.26 Å². The third-order valence-electron chi connectivity index (χ3n) is 3.24. The van der Waals surface area contributed by atoms with Crippen LogP contribution in [0.2, 0.25) is 0 Å². The van der Waals surface area contributed by atoms with Crippen LogP contribution in [0.1, 0.15) is 16.7 Å². The highest BCUT2D eigenvalue weighted by molar-refractivity contribution is 5.60. The molecular formula is C17H18N2O. The highest BCUT2D eigenvalue weighted by Gasteiger charge is 2.08. The lowest BCUT2D eigenvalue weighted by molar-refractivity contribution is 0.414. The molecule has 0 radical (unpaired) electrons. The minimum atomic E-state index is 0.695. The van der Waals surface area contributed by atoms with Crippen molar-refractivity contribution in [3.63, 3.8) is 0 Å². The molecular weight excluding hydrogens is 248 g/mol. The SMILES string of the molecule is COc1cccc(CN(C)c2cc(C)ccc2C#N)c1. The third kappa shape index (κ3) is 3.10. The Bertz CT molecular complexity index is 644. The zero-order valence-corrected chi connectivity index (χ0v) is 12.1. The van der Waals surface area contributed by atoms with E-state index < -0.39 is 0 Å². The van der Waals surface area contributed by atoms with Crippen LogP contribution in [-0.4, -0.2) is 14.2 Å². The summed E-state index contributed by atoms with van der Waals surface area (Å²) in [6.45, 7) is 2.76. The van der Waals surface area contributed by atoms with Gasteiger partial charge in [-0.25, -0.2) is 0 Å². The molecule has 102 valence electrons. The van der Waals surface area contributed by atoms with Crippen LogP contribution >= 0.6 is 0 Å². The number of hydrogen-bond acceptors (Lipinski definition) is 3. The summed E-state index contributed by atoms with van der Waals surface area (Å²) in [7, 11) is 3.66. The molecule has 3 nitrogen and oxygen atoms in total. The Labute approximate surface area is 120 Å². The van der Waals surface area contributed by atoms with E-state index in [1.54, 1.807) is 7.11 Å². The van der Waals surface area contributed by atoms with Crippen LogP contribution in [-0.2, 0) is 6.54 Å². The van der Waals surface area contributed by atoms with Gasteiger partial charge < -0.3 is 9.64 Å². The van der Waals surface area contributed by atoms with Gasteiger partial charge in [-0.05, 0) is 42.3 Å². The van der Waals surface area contributed by atoms with Crippen molar-refractivity contribution < 1.29 is 4.74 Å². The van der Waals surface area contributed by atoms with Crippen molar-refractivity contribution in [2.75, 3.05) is 19.1 Å². The van der Waals surface area contributed by atoms with Gasteiger partial charge in [0.2, 0.25) is 0 Å². The highest BCUT2D eigenvalue weighted by atomic mass is 16.5. The van der Waals surface area contributed by atoms with Gasteiger partial charge in [0.15, 0.2) is 0 Å². The molecule has 3 heteroatoms. The summed E-state index contributed by atoms with van der Waals surface area (Å²) in [4.78, 5) is 2.08. The fraction of sp³-hybridized carbons (Fsp3) is 0.235. The number of aryl methyl sites for hydroxylation is 1. The van der Waals surface area contributed by atoms with Crippen LogP contribution in [0.5, 0.6) is 5.75 Å². The lowest BCUT2D eigenvalue weighted by Crippen LogP contribution is -2.17. The average Bonchev–Trinajstić information content (AvgIpc) is 2.47. The lowest BCUT2D eigenvalue weighted by atomic mass is 10.1. The summed E-state index contributed by atoms with van der Waals surface area (Å²) < 4.78 is 5.24. The molecule has 0 heterocycles. The molecule has 0 aliphatic heterocycles. The Hall–Kier alpha value is -2.47. The van der Waals surface area contributed by atoms with Gasteiger partial charge in [0, 0.05) is 13.6 Å². The van der Waals surface area contributed by atoms with Crippen molar-refractivity contribution in [3.8, 4) is 11.8 Å². The third-order valence-corrected chi connectivity index (χ3v) is 3.24. The second kappa shape index (κ2) is 6.12. The summed E-state index contributed by atoms with van der Waals surface area (Å²) in [5.74, 6) is 0.848. The van der Waals surface area contributed by atoms with E-state index in [0.717, 1.165) is 29.1 Å². The van der Waals surface area contributed by atoms with Gasteiger partial charge in [-0.15, -0.1) is 0 Å². The molecule has 2 rings (SSSR count). The number of methoxy groups -OCH3 is 1. The maximum absolute atomic E-state index is 9.21. The maximum Gasteiger partial charge on any atom is 0.119 e. The van der Waals surface area contributed by atoms with E-state index in [4.69, 9.17) is 4.74 Å². The second-order valence-electron chi connectivity index (χ2n) is 4.84. The van der Waals surface area contributed by atoms with Gasteiger partial charge in [-0.1, -0.05) is 18.2 Å². The molecule has 0 fully saturated rings. The fourth-order valence-corrected chi connectivity index (χ4v) is 2.18. The zero-order chi connectivity index (χ0) is 14.5. The minimum Gasteiger partial charge on any atom is -0.497 e. The standard InChI is InChI=1S/C17H18N2O/c1-13-7-8-15(11-18)17(9-13)19(2)12-14-5-4-6-16(10-14)20-3/h4-10H,12H2,1-3H3. The van der Waals surface area contributed by atoms with Crippen molar-refractivity contribution in [2.24, 2.45) is 0 Å². The first-order chi connectivity index (χ1) is 9.63. The summed E-state index contributed by atoms with van der Waals surface area (Å²) in [5, 5.41) is 9.21. The quantitative estimate of drug-likeness (QED) is 0.849. The number of anilines is 1. The van der Waals surface area contributed by atoms with Crippen LogP contribution in [0, 0.1) is 18.3 Å². The van der Waals surface area contributed by atoms with E-state index in [0.29, 0.717) is 5.56 Å². The number of benzene rings is 2. The molecule has 0 bridgehead atoms. The van der Waals surface area contributed by atoms with E-state index in [9.17, 15) is 5.26 Å². The van der Waals surface area contributed by atoms with Crippen molar-refractivity contribution in [1.29, 1.82) is 5.26 Å². The molecule has 0 aliphatic rings. The largest absolute Gasteiger partial charge is 0.497 e. The van der Waals surface area contributed by atoms with Crippen LogP contribution in [0.3, 0.4) is 0 Å². The van der Waals surface area contributed by atoms with Crippen molar-refractivity contribution in [1.82, 2.24) is 0 Å². The molecule has 0 amide bonds. The number of nitrogens with zero attached hydrogens (tertiary/aromatic N) is 2. The number of rotatable bonds is 4. The van der Waals surface area contributed by atoms with Crippen LogP contribution in [0.15, 0.2) is 42.5 Å². The summed E-state index contributed by atoms with van der Waals surface area (Å²) >= 11 is 0. The Morgan fingerprint density at radius 1 is 1.20 bits per heavy atom. The van der Waals surface area contributed by atoms with Gasteiger partial charge >= 0.3 is 0 Å². The Kier molecular flexibility index (Phi) is 4.27. The van der Waals surface area contributed by atoms with E-state index in [2.05, 4.69) is 17.0 Å². The first kappa shape index (κ1) is 14.0. The van der Waals surface area contributed by atoms with Gasteiger partial charge in [0.1, 0.15) is 11.8 Å². The molecule has 0 atom stereocenters. The summed E-state index contributed by atoms with van der Waals surface area (Å²) in [5.41, 5.74) is 3.95. The summed E-state index contributed by atoms with van der Waals surface area (Å²) in [6, 6.07) is 16.1. The van der Waals surface area contributed by atoms with E-state index >= 15 is 0 Å². The molecule has 0 unspecified atom stereocenters. The average molecular weight is 266 g/mol. The molecule has 2 aromatic rings. The summed E-state index contributed by atoms with van der Waals surface area (Å²) in [6.07, 6.45) is 0. The topological polar surface area (TPSA) is 36.3 Å². The van der Waals surface area contributed by atoms with Gasteiger partial charge in [0.05, 0.1) is 18.4 Å². The number of nitriles is 1. The smallest absolute Gasteiger partial charge is 0.119 e. The Balaban J connectivity index is 2.25. The molecule has 0 spiro atoms. The molecule has 20 heavy (non-hydrogen) atoms.